The van der Waals surface area contributed by atoms with Gasteiger partial charge in [0.15, 0.2) is 0 Å². The number of benzene rings is 6. The third-order valence-corrected chi connectivity index (χ3v) is 12.3. The zero-order valence-electron chi connectivity index (χ0n) is 26.7. The SMILES string of the molecule is c1ccc(-c2ccc(-c3ccc(N(c4ccccc4)c4ccc5c(c4)C4(c6ccccc6-5)C5CC6CC(C5)CC4C6)cc3)cc2)cc1. The second-order valence-corrected chi connectivity index (χ2v) is 14.6. The molecule has 1 nitrogen and oxygen atoms in total. The molecule has 0 heterocycles. The maximum Gasteiger partial charge on any atom is 0.0465 e. The van der Waals surface area contributed by atoms with Gasteiger partial charge in [0, 0.05) is 22.5 Å². The summed E-state index contributed by atoms with van der Waals surface area (Å²) >= 11 is 0. The lowest BCUT2D eigenvalue weighted by Gasteiger charge is -2.61. The van der Waals surface area contributed by atoms with E-state index < -0.39 is 0 Å². The van der Waals surface area contributed by atoms with Crippen LogP contribution in [0, 0.1) is 23.7 Å². The molecule has 0 amide bonds. The quantitative estimate of drug-likeness (QED) is 0.189. The van der Waals surface area contributed by atoms with Crippen molar-refractivity contribution in [3.05, 3.63) is 163 Å². The van der Waals surface area contributed by atoms with Crippen LogP contribution < -0.4 is 4.90 Å². The third-order valence-electron chi connectivity index (χ3n) is 12.3. The topological polar surface area (TPSA) is 3.24 Å². The van der Waals surface area contributed by atoms with Gasteiger partial charge in [0.2, 0.25) is 0 Å². The number of hydrogen-bond donors (Lipinski definition) is 0. The second kappa shape index (κ2) is 10.6. The Labute approximate surface area is 278 Å². The van der Waals surface area contributed by atoms with Gasteiger partial charge in [-0.15, -0.1) is 0 Å². The lowest BCUT2D eigenvalue weighted by atomic mass is 9.43. The van der Waals surface area contributed by atoms with Crippen LogP contribution in [-0.2, 0) is 5.41 Å². The Balaban J connectivity index is 1.06. The molecule has 0 aliphatic heterocycles. The fraction of sp³-hybridized carbons (Fsp3) is 0.217. The lowest BCUT2D eigenvalue weighted by molar-refractivity contribution is -0.0399. The molecule has 11 rings (SSSR count). The van der Waals surface area contributed by atoms with Crippen molar-refractivity contribution in [1.29, 1.82) is 0 Å². The summed E-state index contributed by atoms with van der Waals surface area (Å²) in [6.07, 6.45) is 7.09. The van der Waals surface area contributed by atoms with Crippen molar-refractivity contribution in [3.8, 4) is 33.4 Å². The summed E-state index contributed by atoms with van der Waals surface area (Å²) in [6.45, 7) is 0. The fourth-order valence-electron chi connectivity index (χ4n) is 10.6. The number of hydrogen-bond acceptors (Lipinski definition) is 1. The maximum absolute atomic E-state index is 2.60. The van der Waals surface area contributed by atoms with E-state index in [0.717, 1.165) is 23.7 Å². The van der Waals surface area contributed by atoms with E-state index in [0.29, 0.717) is 0 Å². The van der Waals surface area contributed by atoms with Crippen molar-refractivity contribution >= 4 is 17.1 Å². The van der Waals surface area contributed by atoms with Crippen LogP contribution in [0.2, 0.25) is 0 Å². The molecule has 1 heteroatoms. The minimum Gasteiger partial charge on any atom is -0.310 e. The molecule has 47 heavy (non-hydrogen) atoms. The van der Waals surface area contributed by atoms with E-state index in [4.69, 9.17) is 0 Å². The Morgan fingerprint density at radius 1 is 0.383 bits per heavy atom. The molecule has 0 unspecified atom stereocenters. The summed E-state index contributed by atoms with van der Waals surface area (Å²) in [7, 11) is 0. The molecule has 4 saturated carbocycles. The van der Waals surface area contributed by atoms with E-state index in [1.54, 1.807) is 11.1 Å². The number of para-hydroxylation sites is 1. The van der Waals surface area contributed by atoms with E-state index in [2.05, 4.69) is 157 Å². The molecular formula is C46H39N. The highest BCUT2D eigenvalue weighted by Gasteiger charge is 2.61. The smallest absolute Gasteiger partial charge is 0.0465 e. The van der Waals surface area contributed by atoms with E-state index in [9.17, 15) is 0 Å². The molecule has 1 spiro atoms. The highest BCUT2D eigenvalue weighted by Crippen LogP contribution is 2.69. The summed E-state index contributed by atoms with van der Waals surface area (Å²) in [5.41, 5.74) is 14.9. The predicted octanol–water partition coefficient (Wildman–Crippen LogP) is 12.2. The molecule has 0 atom stereocenters. The Kier molecular flexibility index (Phi) is 6.13. The molecule has 6 aromatic rings. The van der Waals surface area contributed by atoms with Crippen molar-refractivity contribution in [2.24, 2.45) is 23.7 Å². The fourth-order valence-corrected chi connectivity index (χ4v) is 10.6. The first-order chi connectivity index (χ1) is 23.3. The monoisotopic (exact) mass is 605 g/mol. The molecule has 4 fully saturated rings. The van der Waals surface area contributed by atoms with E-state index >= 15 is 0 Å². The number of rotatable bonds is 5. The first-order valence-electron chi connectivity index (χ1n) is 17.6. The average molecular weight is 606 g/mol. The zero-order chi connectivity index (χ0) is 31.0. The van der Waals surface area contributed by atoms with Gasteiger partial charge in [0.05, 0.1) is 0 Å². The van der Waals surface area contributed by atoms with Gasteiger partial charge in [-0.25, -0.2) is 0 Å². The summed E-state index contributed by atoms with van der Waals surface area (Å²) < 4.78 is 0. The Morgan fingerprint density at radius 2 is 0.851 bits per heavy atom. The molecule has 4 bridgehead atoms. The summed E-state index contributed by atoms with van der Waals surface area (Å²) in [4.78, 5) is 2.47. The van der Waals surface area contributed by atoms with Crippen LogP contribution in [0.25, 0.3) is 33.4 Å². The van der Waals surface area contributed by atoms with Gasteiger partial charge in [-0.2, -0.15) is 0 Å². The van der Waals surface area contributed by atoms with Crippen molar-refractivity contribution in [1.82, 2.24) is 0 Å². The zero-order valence-corrected chi connectivity index (χ0v) is 26.7. The lowest BCUT2D eigenvalue weighted by Crippen LogP contribution is -2.55. The van der Waals surface area contributed by atoms with Crippen LogP contribution in [0.5, 0.6) is 0 Å². The molecule has 6 aromatic carbocycles. The van der Waals surface area contributed by atoms with Crippen LogP contribution in [0.15, 0.2) is 152 Å². The van der Waals surface area contributed by atoms with Gasteiger partial charge < -0.3 is 4.90 Å². The highest BCUT2D eigenvalue weighted by molar-refractivity contribution is 5.87. The van der Waals surface area contributed by atoms with Gasteiger partial charge in [-0.1, -0.05) is 115 Å². The minimum atomic E-state index is 0.160. The van der Waals surface area contributed by atoms with Gasteiger partial charge in [0.25, 0.3) is 0 Å². The summed E-state index contributed by atoms with van der Waals surface area (Å²) in [5.74, 6) is 3.40. The van der Waals surface area contributed by atoms with Crippen LogP contribution in [0.3, 0.4) is 0 Å². The molecule has 5 aliphatic rings. The van der Waals surface area contributed by atoms with Gasteiger partial charge >= 0.3 is 0 Å². The van der Waals surface area contributed by atoms with Crippen LogP contribution in [0.1, 0.15) is 43.2 Å². The van der Waals surface area contributed by atoms with E-state index in [1.807, 2.05) is 0 Å². The summed E-state index contributed by atoms with van der Waals surface area (Å²) in [6, 6.07) is 56.5. The Bertz CT molecular complexity index is 2050. The van der Waals surface area contributed by atoms with Crippen LogP contribution >= 0.6 is 0 Å². The summed E-state index contributed by atoms with van der Waals surface area (Å²) in [5, 5.41) is 0. The normalized spacial score (nSPS) is 24.7. The largest absolute Gasteiger partial charge is 0.310 e. The average Bonchev–Trinajstić information content (AvgIpc) is 3.42. The van der Waals surface area contributed by atoms with Crippen molar-refractivity contribution in [3.63, 3.8) is 0 Å². The van der Waals surface area contributed by atoms with Crippen molar-refractivity contribution < 1.29 is 0 Å². The molecule has 0 radical (unpaired) electrons. The highest BCUT2D eigenvalue weighted by atomic mass is 15.1. The molecule has 0 N–H and O–H groups in total. The maximum atomic E-state index is 2.60. The molecule has 228 valence electrons. The van der Waals surface area contributed by atoms with Gasteiger partial charge in [-0.05, 0) is 137 Å². The standard InChI is InChI=1S/C46H39N/c1-3-9-33(10-4-1)34-15-17-35(18-16-34)36-19-21-40(22-20-36)47(39-11-5-2-6-12-39)41-23-24-43-42-13-7-8-14-44(42)46(45(43)30-41)37-26-31-25-32(28-37)29-38(46)27-31/h1-24,30-32,37-38H,25-29H2. The van der Waals surface area contributed by atoms with Gasteiger partial charge in [-0.3, -0.25) is 0 Å². The molecule has 0 saturated heterocycles. The minimum absolute atomic E-state index is 0.160. The first-order valence-corrected chi connectivity index (χ1v) is 17.6. The van der Waals surface area contributed by atoms with Gasteiger partial charge in [0.1, 0.15) is 0 Å². The Hall–Kier alpha value is -4.88. The third kappa shape index (κ3) is 4.15. The predicted molar refractivity (Wildman–Crippen MR) is 195 cm³/mol. The number of anilines is 3. The molecule has 0 aromatic heterocycles. The first kappa shape index (κ1) is 27.3. The van der Waals surface area contributed by atoms with Crippen molar-refractivity contribution in [2.45, 2.75) is 37.5 Å². The van der Waals surface area contributed by atoms with E-state index in [1.165, 1.54) is 82.5 Å². The molecule has 5 aliphatic carbocycles. The Morgan fingerprint density at radius 3 is 1.49 bits per heavy atom. The number of fused-ring (bicyclic) bond motifs is 3. The van der Waals surface area contributed by atoms with Crippen LogP contribution in [0.4, 0.5) is 17.1 Å². The van der Waals surface area contributed by atoms with Crippen molar-refractivity contribution in [2.75, 3.05) is 4.90 Å². The molecular weight excluding hydrogens is 567 g/mol. The second-order valence-electron chi connectivity index (χ2n) is 14.6. The van der Waals surface area contributed by atoms with Crippen LogP contribution in [-0.4, -0.2) is 0 Å². The van der Waals surface area contributed by atoms with E-state index in [-0.39, 0.29) is 5.41 Å². The number of nitrogens with zero attached hydrogens (tertiary/aromatic N) is 1.